The second-order valence-electron chi connectivity index (χ2n) is 5.06. The molecule has 1 saturated carbocycles. The van der Waals surface area contributed by atoms with E-state index < -0.39 is 0 Å². The summed E-state index contributed by atoms with van der Waals surface area (Å²) in [6, 6.07) is 10.5. The number of hydrogen-bond acceptors (Lipinski definition) is 1. The fraction of sp³-hybridized carbons (Fsp3) is 0.600. The van der Waals surface area contributed by atoms with Gasteiger partial charge in [-0.2, -0.15) is 0 Å². The van der Waals surface area contributed by atoms with Gasteiger partial charge in [0.1, 0.15) is 0 Å². The summed E-state index contributed by atoms with van der Waals surface area (Å²) in [6.07, 6.45) is 8.27. The average Bonchev–Trinajstić information content (AvgIpc) is 2.81. The van der Waals surface area contributed by atoms with E-state index in [0.717, 1.165) is 25.2 Å². The van der Waals surface area contributed by atoms with Crippen LogP contribution in [0.4, 0.5) is 0 Å². The molecular weight excluding hydrogens is 196 g/mol. The summed E-state index contributed by atoms with van der Waals surface area (Å²) < 4.78 is 0. The zero-order valence-corrected chi connectivity index (χ0v) is 9.94. The molecule has 0 spiro atoms. The first-order chi connectivity index (χ1) is 7.84. The topological polar surface area (TPSA) is 20.2 Å². The molecule has 0 amide bonds. The molecule has 0 aromatic heterocycles. The van der Waals surface area contributed by atoms with Crippen molar-refractivity contribution in [2.24, 2.45) is 5.92 Å². The molecule has 1 N–H and O–H groups in total. The lowest BCUT2D eigenvalue weighted by Gasteiger charge is -2.15. The van der Waals surface area contributed by atoms with Crippen molar-refractivity contribution in [3.63, 3.8) is 0 Å². The molecule has 1 aliphatic carbocycles. The highest BCUT2D eigenvalue weighted by Gasteiger charge is 2.18. The van der Waals surface area contributed by atoms with Crippen molar-refractivity contribution in [3.05, 3.63) is 35.9 Å². The molecule has 0 bridgehead atoms. The van der Waals surface area contributed by atoms with Crippen molar-refractivity contribution >= 4 is 0 Å². The molecule has 1 heteroatoms. The van der Waals surface area contributed by atoms with Gasteiger partial charge in [0.15, 0.2) is 0 Å². The first-order valence-electron chi connectivity index (χ1n) is 6.56. The van der Waals surface area contributed by atoms with E-state index in [-0.39, 0.29) is 6.10 Å². The second-order valence-corrected chi connectivity index (χ2v) is 5.06. The molecule has 16 heavy (non-hydrogen) atoms. The Balaban J connectivity index is 1.69. The highest BCUT2D eigenvalue weighted by Crippen LogP contribution is 2.29. The van der Waals surface area contributed by atoms with Crippen LogP contribution in [-0.2, 0) is 6.42 Å². The summed E-state index contributed by atoms with van der Waals surface area (Å²) in [5.74, 6) is 0.797. The third-order valence-corrected chi connectivity index (χ3v) is 3.69. The van der Waals surface area contributed by atoms with Crippen LogP contribution >= 0.6 is 0 Å². The van der Waals surface area contributed by atoms with Crippen LogP contribution in [0.25, 0.3) is 0 Å². The van der Waals surface area contributed by atoms with Crippen LogP contribution in [0.15, 0.2) is 30.3 Å². The molecule has 1 atom stereocenters. The van der Waals surface area contributed by atoms with Crippen molar-refractivity contribution in [3.8, 4) is 0 Å². The van der Waals surface area contributed by atoms with E-state index in [0.29, 0.717) is 0 Å². The molecule has 1 fully saturated rings. The first kappa shape index (κ1) is 11.7. The van der Waals surface area contributed by atoms with Gasteiger partial charge in [0, 0.05) is 0 Å². The number of aryl methyl sites for hydroxylation is 1. The molecule has 1 nitrogen and oxygen atoms in total. The van der Waals surface area contributed by atoms with Gasteiger partial charge < -0.3 is 5.11 Å². The lowest BCUT2D eigenvalue weighted by Crippen LogP contribution is -2.12. The number of benzene rings is 1. The lowest BCUT2D eigenvalue weighted by molar-refractivity contribution is 0.134. The largest absolute Gasteiger partial charge is 0.393 e. The van der Waals surface area contributed by atoms with Gasteiger partial charge in [-0.1, -0.05) is 56.0 Å². The van der Waals surface area contributed by atoms with Crippen LogP contribution in [0.2, 0.25) is 0 Å². The molecule has 1 aromatic carbocycles. The van der Waals surface area contributed by atoms with Crippen LogP contribution in [0.1, 0.15) is 44.1 Å². The van der Waals surface area contributed by atoms with Crippen molar-refractivity contribution < 1.29 is 5.11 Å². The molecular formula is C15H22O. The van der Waals surface area contributed by atoms with Crippen LogP contribution in [0, 0.1) is 5.92 Å². The SMILES string of the molecule is OC(CCc1ccccc1)CC1CCCC1. The molecule has 0 saturated heterocycles. The minimum atomic E-state index is -0.0942. The van der Waals surface area contributed by atoms with E-state index in [4.69, 9.17) is 0 Å². The van der Waals surface area contributed by atoms with Gasteiger partial charge in [0.25, 0.3) is 0 Å². The first-order valence-corrected chi connectivity index (χ1v) is 6.56. The number of hydrogen-bond donors (Lipinski definition) is 1. The van der Waals surface area contributed by atoms with Crippen LogP contribution in [-0.4, -0.2) is 11.2 Å². The Morgan fingerprint density at radius 1 is 1.12 bits per heavy atom. The highest BCUT2D eigenvalue weighted by molar-refractivity contribution is 5.14. The van der Waals surface area contributed by atoms with E-state index in [1.54, 1.807) is 0 Å². The third-order valence-electron chi connectivity index (χ3n) is 3.69. The van der Waals surface area contributed by atoms with E-state index in [1.165, 1.54) is 31.2 Å². The van der Waals surface area contributed by atoms with Gasteiger partial charge in [0.2, 0.25) is 0 Å². The molecule has 1 unspecified atom stereocenters. The number of aliphatic hydroxyl groups is 1. The van der Waals surface area contributed by atoms with E-state index in [2.05, 4.69) is 24.3 Å². The van der Waals surface area contributed by atoms with Crippen LogP contribution in [0.5, 0.6) is 0 Å². The van der Waals surface area contributed by atoms with E-state index in [1.807, 2.05) is 6.07 Å². The predicted molar refractivity (Wildman–Crippen MR) is 67.3 cm³/mol. The van der Waals surface area contributed by atoms with Crippen molar-refractivity contribution in [1.82, 2.24) is 0 Å². The Morgan fingerprint density at radius 2 is 1.81 bits per heavy atom. The van der Waals surface area contributed by atoms with Gasteiger partial charge in [-0.15, -0.1) is 0 Å². The maximum atomic E-state index is 9.97. The fourth-order valence-electron chi connectivity index (χ4n) is 2.73. The summed E-state index contributed by atoms with van der Waals surface area (Å²) >= 11 is 0. The quantitative estimate of drug-likeness (QED) is 0.801. The summed E-state index contributed by atoms with van der Waals surface area (Å²) in [5.41, 5.74) is 1.34. The Morgan fingerprint density at radius 3 is 2.50 bits per heavy atom. The fourth-order valence-corrected chi connectivity index (χ4v) is 2.73. The van der Waals surface area contributed by atoms with Crippen LogP contribution < -0.4 is 0 Å². The lowest BCUT2D eigenvalue weighted by atomic mass is 9.96. The van der Waals surface area contributed by atoms with E-state index in [9.17, 15) is 5.11 Å². The smallest absolute Gasteiger partial charge is 0.0546 e. The van der Waals surface area contributed by atoms with Gasteiger partial charge in [-0.05, 0) is 30.7 Å². The molecule has 88 valence electrons. The average molecular weight is 218 g/mol. The standard InChI is InChI=1S/C15H22O/c16-15(12-14-8-4-5-9-14)11-10-13-6-2-1-3-7-13/h1-3,6-7,14-16H,4-5,8-12H2. The second kappa shape index (κ2) is 6.05. The maximum Gasteiger partial charge on any atom is 0.0546 e. The monoisotopic (exact) mass is 218 g/mol. The third kappa shape index (κ3) is 3.64. The van der Waals surface area contributed by atoms with Gasteiger partial charge in [-0.3, -0.25) is 0 Å². The Hall–Kier alpha value is -0.820. The number of rotatable bonds is 5. The highest BCUT2D eigenvalue weighted by atomic mass is 16.3. The van der Waals surface area contributed by atoms with Gasteiger partial charge >= 0.3 is 0 Å². The zero-order valence-electron chi connectivity index (χ0n) is 9.94. The summed E-state index contributed by atoms with van der Waals surface area (Å²) in [6.45, 7) is 0. The molecule has 1 aromatic rings. The molecule has 2 rings (SSSR count). The molecule has 0 heterocycles. The summed E-state index contributed by atoms with van der Waals surface area (Å²) in [4.78, 5) is 0. The van der Waals surface area contributed by atoms with Crippen LogP contribution in [0.3, 0.4) is 0 Å². The Kier molecular flexibility index (Phi) is 4.41. The minimum absolute atomic E-state index is 0.0942. The van der Waals surface area contributed by atoms with Gasteiger partial charge in [0.05, 0.1) is 6.10 Å². The predicted octanol–water partition coefficient (Wildman–Crippen LogP) is 3.56. The molecule has 0 radical (unpaired) electrons. The number of aliphatic hydroxyl groups excluding tert-OH is 1. The Bertz CT molecular complexity index is 288. The summed E-state index contributed by atoms with van der Waals surface area (Å²) in [7, 11) is 0. The van der Waals surface area contributed by atoms with Crippen molar-refractivity contribution in [2.45, 2.75) is 51.0 Å². The minimum Gasteiger partial charge on any atom is -0.393 e. The molecule has 1 aliphatic rings. The van der Waals surface area contributed by atoms with E-state index >= 15 is 0 Å². The maximum absolute atomic E-state index is 9.97. The Labute approximate surface area is 98.5 Å². The summed E-state index contributed by atoms with van der Waals surface area (Å²) in [5, 5.41) is 9.97. The van der Waals surface area contributed by atoms with Crippen molar-refractivity contribution in [1.29, 1.82) is 0 Å². The normalized spacial score (nSPS) is 18.8. The zero-order chi connectivity index (χ0) is 11.2. The molecule has 0 aliphatic heterocycles. The van der Waals surface area contributed by atoms with Gasteiger partial charge in [-0.25, -0.2) is 0 Å². The van der Waals surface area contributed by atoms with Crippen molar-refractivity contribution in [2.75, 3.05) is 0 Å².